The second-order valence-electron chi connectivity index (χ2n) is 7.22. The van der Waals surface area contributed by atoms with Crippen LogP contribution in [0.25, 0.3) is 0 Å². The summed E-state index contributed by atoms with van der Waals surface area (Å²) in [6.07, 6.45) is 3.70. The Morgan fingerprint density at radius 3 is 2.72 bits per heavy atom. The number of amides is 1. The third kappa shape index (κ3) is 4.07. The number of thiophene rings is 1. The van der Waals surface area contributed by atoms with E-state index in [4.69, 9.17) is 4.74 Å². The van der Waals surface area contributed by atoms with Crippen LogP contribution in [0.1, 0.15) is 32.1 Å². The van der Waals surface area contributed by atoms with Crippen molar-refractivity contribution in [1.29, 1.82) is 0 Å². The zero-order chi connectivity index (χ0) is 18.1. The first-order valence-electron chi connectivity index (χ1n) is 8.70. The van der Waals surface area contributed by atoms with Crippen LogP contribution in [0.4, 0.5) is 0 Å². The summed E-state index contributed by atoms with van der Waals surface area (Å²) in [5.41, 5.74) is -0.267. The Hall–Kier alpha value is -0.960. The van der Waals surface area contributed by atoms with Gasteiger partial charge in [0, 0.05) is 40.2 Å². The highest BCUT2D eigenvalue weighted by atomic mass is 32.2. The second kappa shape index (κ2) is 7.34. The number of hydrogen-bond donors (Lipinski definition) is 0. The van der Waals surface area contributed by atoms with E-state index in [9.17, 15) is 13.2 Å². The fraction of sp³-hybridized carbons (Fsp3) is 0.706. The minimum atomic E-state index is -3.38. The predicted molar refractivity (Wildman–Crippen MR) is 97.0 cm³/mol. The van der Waals surface area contributed by atoms with Gasteiger partial charge >= 0.3 is 0 Å². The van der Waals surface area contributed by atoms with Gasteiger partial charge in [-0.05, 0) is 43.0 Å². The molecule has 1 aromatic rings. The molecule has 140 valence electrons. The van der Waals surface area contributed by atoms with Crippen molar-refractivity contribution in [3.8, 4) is 0 Å². The molecular weight excluding hydrogens is 360 g/mol. The normalized spacial score (nSPS) is 24.3. The molecule has 0 saturated carbocycles. The maximum absolute atomic E-state index is 12.6. The molecule has 2 saturated heterocycles. The van der Waals surface area contributed by atoms with E-state index < -0.39 is 10.0 Å². The first-order valence-corrected chi connectivity index (χ1v) is 11.0. The van der Waals surface area contributed by atoms with Crippen LogP contribution < -0.4 is 0 Å². The molecule has 1 aromatic heterocycles. The van der Waals surface area contributed by atoms with Crippen LogP contribution in [0.5, 0.6) is 0 Å². The Morgan fingerprint density at radius 1 is 1.40 bits per heavy atom. The maximum Gasteiger partial charge on any atom is 0.252 e. The fourth-order valence-electron chi connectivity index (χ4n) is 3.75. The van der Waals surface area contributed by atoms with Gasteiger partial charge in [-0.15, -0.1) is 11.3 Å². The van der Waals surface area contributed by atoms with Gasteiger partial charge in [-0.1, -0.05) is 6.07 Å². The van der Waals surface area contributed by atoms with Crippen molar-refractivity contribution in [3.05, 3.63) is 17.5 Å². The van der Waals surface area contributed by atoms with Gasteiger partial charge in [0.1, 0.15) is 4.21 Å². The van der Waals surface area contributed by atoms with Crippen LogP contribution in [0.2, 0.25) is 0 Å². The first-order chi connectivity index (χ1) is 11.8. The summed E-state index contributed by atoms with van der Waals surface area (Å²) in [6.45, 7) is 1.62. The minimum Gasteiger partial charge on any atom is -0.375 e. The second-order valence-corrected chi connectivity index (χ2v) is 10.3. The van der Waals surface area contributed by atoms with Crippen molar-refractivity contribution in [2.45, 2.75) is 41.9 Å². The molecule has 0 radical (unpaired) electrons. The average Bonchev–Trinajstić information content (AvgIpc) is 3.10. The van der Waals surface area contributed by atoms with Crippen LogP contribution >= 0.6 is 11.3 Å². The van der Waals surface area contributed by atoms with Gasteiger partial charge in [0.2, 0.25) is 5.91 Å². The van der Waals surface area contributed by atoms with Crippen molar-refractivity contribution < 1.29 is 17.9 Å². The number of piperidine rings is 1. The maximum atomic E-state index is 12.6. The van der Waals surface area contributed by atoms with Gasteiger partial charge in [0.05, 0.1) is 5.60 Å². The lowest BCUT2D eigenvalue weighted by Gasteiger charge is -2.45. The third-order valence-corrected chi connectivity index (χ3v) is 8.55. The number of carbonyl (C=O) groups is 1. The molecule has 0 N–H and O–H groups in total. The lowest BCUT2D eigenvalue weighted by atomic mass is 9.78. The Morgan fingerprint density at radius 2 is 2.12 bits per heavy atom. The van der Waals surface area contributed by atoms with Crippen LogP contribution in [0.15, 0.2) is 21.7 Å². The van der Waals surface area contributed by atoms with Crippen LogP contribution in [0, 0.1) is 5.92 Å². The quantitative estimate of drug-likeness (QED) is 0.795. The van der Waals surface area contributed by atoms with E-state index in [1.807, 2.05) is 0 Å². The number of rotatable bonds is 4. The molecule has 2 aliphatic rings. The molecule has 1 unspecified atom stereocenters. The zero-order valence-corrected chi connectivity index (χ0v) is 16.4. The summed E-state index contributed by atoms with van der Waals surface area (Å²) in [4.78, 5) is 13.6. The van der Waals surface area contributed by atoms with Crippen molar-refractivity contribution in [3.63, 3.8) is 0 Å². The molecule has 2 fully saturated rings. The fourth-order valence-corrected chi connectivity index (χ4v) is 6.34. The highest BCUT2D eigenvalue weighted by Crippen LogP contribution is 2.40. The molecule has 3 rings (SSSR count). The molecule has 6 nitrogen and oxygen atoms in total. The molecule has 8 heteroatoms. The number of nitrogens with zero attached hydrogens (tertiary/aromatic N) is 2. The molecule has 0 aromatic carbocycles. The molecule has 0 aliphatic carbocycles. The molecule has 2 aliphatic heterocycles. The molecule has 1 spiro atoms. The summed E-state index contributed by atoms with van der Waals surface area (Å²) >= 11 is 1.26. The first kappa shape index (κ1) is 18.8. The number of carbonyl (C=O) groups excluding carboxylic acids is 1. The lowest BCUT2D eigenvalue weighted by Crippen LogP contribution is -2.51. The molecule has 3 heterocycles. The van der Waals surface area contributed by atoms with Crippen molar-refractivity contribution in [2.75, 3.05) is 33.8 Å². The van der Waals surface area contributed by atoms with Gasteiger partial charge in [-0.3, -0.25) is 4.79 Å². The van der Waals surface area contributed by atoms with Crippen LogP contribution in [-0.4, -0.2) is 62.9 Å². The van der Waals surface area contributed by atoms with E-state index in [1.54, 1.807) is 40.8 Å². The molecule has 0 bridgehead atoms. The highest BCUT2D eigenvalue weighted by Gasteiger charge is 2.43. The van der Waals surface area contributed by atoms with Gasteiger partial charge in [0.25, 0.3) is 10.0 Å². The molecule has 1 atom stereocenters. The van der Waals surface area contributed by atoms with E-state index in [2.05, 4.69) is 0 Å². The van der Waals surface area contributed by atoms with E-state index in [-0.39, 0.29) is 11.5 Å². The van der Waals surface area contributed by atoms with Crippen LogP contribution in [0.3, 0.4) is 0 Å². The van der Waals surface area contributed by atoms with Gasteiger partial charge in [-0.2, -0.15) is 4.31 Å². The highest BCUT2D eigenvalue weighted by molar-refractivity contribution is 7.91. The SMILES string of the molecule is CN(C)C(=O)CC1CCOC2(CCN(S(=O)(=O)c3cccs3)CC2)C1. The molecule has 25 heavy (non-hydrogen) atoms. The van der Waals surface area contributed by atoms with E-state index >= 15 is 0 Å². The molecular formula is C17H26N2O4S2. The van der Waals surface area contributed by atoms with Crippen molar-refractivity contribution in [1.82, 2.24) is 9.21 Å². The predicted octanol–water partition coefficient (Wildman–Crippen LogP) is 2.18. The number of hydrogen-bond acceptors (Lipinski definition) is 5. The number of ether oxygens (including phenoxy) is 1. The van der Waals surface area contributed by atoms with Crippen molar-refractivity contribution >= 4 is 27.3 Å². The van der Waals surface area contributed by atoms with Gasteiger partial charge in [-0.25, -0.2) is 8.42 Å². The summed E-state index contributed by atoms with van der Waals surface area (Å²) in [5, 5.41) is 1.79. The topological polar surface area (TPSA) is 66.9 Å². The van der Waals surface area contributed by atoms with E-state index in [0.29, 0.717) is 49.1 Å². The van der Waals surface area contributed by atoms with Crippen LogP contribution in [-0.2, 0) is 19.6 Å². The average molecular weight is 387 g/mol. The summed E-state index contributed by atoms with van der Waals surface area (Å²) in [6, 6.07) is 3.42. The largest absolute Gasteiger partial charge is 0.375 e. The Kier molecular flexibility index (Phi) is 5.53. The minimum absolute atomic E-state index is 0.153. The number of sulfonamides is 1. The standard InChI is InChI=1S/C17H26N2O4S2/c1-18(2)15(20)12-14-5-10-23-17(13-14)6-8-19(9-7-17)25(21,22)16-4-3-11-24-16/h3-4,11,14H,5-10,12-13H2,1-2H3. The summed E-state index contributed by atoms with van der Waals surface area (Å²) < 4.78 is 33.4. The summed E-state index contributed by atoms with van der Waals surface area (Å²) in [7, 11) is 0.184. The van der Waals surface area contributed by atoms with E-state index in [1.165, 1.54) is 11.3 Å². The Balaban J connectivity index is 1.62. The van der Waals surface area contributed by atoms with Gasteiger partial charge in [0.15, 0.2) is 0 Å². The smallest absolute Gasteiger partial charge is 0.252 e. The summed E-state index contributed by atoms with van der Waals surface area (Å²) in [5.74, 6) is 0.476. The third-order valence-electron chi connectivity index (χ3n) is 5.28. The monoisotopic (exact) mass is 386 g/mol. The van der Waals surface area contributed by atoms with E-state index in [0.717, 1.165) is 12.8 Å². The molecule has 1 amide bonds. The van der Waals surface area contributed by atoms with Crippen molar-refractivity contribution in [2.24, 2.45) is 5.92 Å². The zero-order valence-electron chi connectivity index (χ0n) is 14.8. The lowest BCUT2D eigenvalue weighted by molar-refractivity contribution is -0.138. The Labute approximate surface area is 153 Å². The Bertz CT molecular complexity index is 692. The van der Waals surface area contributed by atoms with Gasteiger partial charge < -0.3 is 9.64 Å².